The Bertz CT molecular complexity index is 800. The van der Waals surface area contributed by atoms with E-state index in [2.05, 4.69) is 20.6 Å². The van der Waals surface area contributed by atoms with Crippen molar-refractivity contribution in [2.75, 3.05) is 33.2 Å². The number of hydrogen-bond acceptors (Lipinski definition) is 7. The second kappa shape index (κ2) is 8.77. The fourth-order valence-corrected chi connectivity index (χ4v) is 2.88. The van der Waals surface area contributed by atoms with Gasteiger partial charge in [0.25, 0.3) is 5.56 Å². The number of nitrogens with one attached hydrogen (secondary N) is 3. The second-order valence-electron chi connectivity index (χ2n) is 5.65. The molecule has 1 aliphatic rings. The Hall–Kier alpha value is -2.45. The van der Waals surface area contributed by atoms with Gasteiger partial charge in [-0.25, -0.2) is 4.98 Å². The zero-order valence-electron chi connectivity index (χ0n) is 15.0. The molecule has 0 fully saturated rings. The first-order valence-electron chi connectivity index (χ1n) is 8.01. The molecule has 0 amide bonds. The molecule has 0 radical (unpaired) electrons. The molecule has 0 saturated heterocycles. The van der Waals surface area contributed by atoms with Crippen molar-refractivity contribution in [3.63, 3.8) is 0 Å². The van der Waals surface area contributed by atoms with Crippen LogP contribution in [0, 0.1) is 0 Å². The molecule has 0 unspecified atom stereocenters. The smallest absolute Gasteiger partial charge is 0.255 e. The summed E-state index contributed by atoms with van der Waals surface area (Å²) in [4.78, 5) is 19.4. The zero-order valence-corrected chi connectivity index (χ0v) is 15.8. The monoisotopic (exact) mass is 382 g/mol. The lowest BCUT2D eigenvalue weighted by molar-refractivity contribution is 0.324. The predicted molar refractivity (Wildman–Crippen MR) is 101 cm³/mol. The van der Waals surface area contributed by atoms with E-state index in [4.69, 9.17) is 14.2 Å². The van der Waals surface area contributed by atoms with Crippen LogP contribution in [0.3, 0.4) is 0 Å². The summed E-state index contributed by atoms with van der Waals surface area (Å²) in [5.41, 5.74) is 2.38. The van der Waals surface area contributed by atoms with Crippen molar-refractivity contribution < 1.29 is 14.2 Å². The molecular weight excluding hydrogens is 360 g/mol. The molecule has 0 bridgehead atoms. The number of ether oxygens (including phenoxy) is 3. The summed E-state index contributed by atoms with van der Waals surface area (Å²) in [6, 6.07) is 3.71. The molecule has 0 spiro atoms. The molecule has 2 heterocycles. The Labute approximate surface area is 157 Å². The summed E-state index contributed by atoms with van der Waals surface area (Å²) in [7, 11) is 4.71. The maximum absolute atomic E-state index is 12.2. The van der Waals surface area contributed by atoms with E-state index in [0.29, 0.717) is 42.7 Å². The molecule has 1 aromatic heterocycles. The van der Waals surface area contributed by atoms with Gasteiger partial charge in [-0.15, -0.1) is 12.4 Å². The third kappa shape index (κ3) is 4.03. The number of aromatic nitrogens is 2. The van der Waals surface area contributed by atoms with Crippen LogP contribution in [-0.4, -0.2) is 37.8 Å². The summed E-state index contributed by atoms with van der Waals surface area (Å²) in [5.74, 6) is 2.14. The van der Waals surface area contributed by atoms with Gasteiger partial charge in [0.15, 0.2) is 11.5 Å². The van der Waals surface area contributed by atoms with Crippen LogP contribution in [0.25, 0.3) is 0 Å². The van der Waals surface area contributed by atoms with Gasteiger partial charge >= 0.3 is 0 Å². The summed E-state index contributed by atoms with van der Waals surface area (Å²) >= 11 is 0. The van der Waals surface area contributed by atoms with Crippen LogP contribution in [0.15, 0.2) is 16.9 Å². The minimum Gasteiger partial charge on any atom is -0.493 e. The quantitative estimate of drug-likeness (QED) is 0.696. The highest BCUT2D eigenvalue weighted by atomic mass is 35.5. The number of aromatic amines is 1. The van der Waals surface area contributed by atoms with Crippen LogP contribution in [-0.2, 0) is 19.5 Å². The normalized spacial score (nSPS) is 12.6. The molecule has 8 nitrogen and oxygen atoms in total. The van der Waals surface area contributed by atoms with Gasteiger partial charge in [0.05, 0.1) is 27.0 Å². The topological polar surface area (TPSA) is 97.5 Å². The molecule has 142 valence electrons. The number of benzene rings is 1. The summed E-state index contributed by atoms with van der Waals surface area (Å²) in [6.07, 6.45) is 0.699. The van der Waals surface area contributed by atoms with Crippen LogP contribution >= 0.6 is 12.4 Å². The van der Waals surface area contributed by atoms with Gasteiger partial charge in [0, 0.05) is 18.7 Å². The van der Waals surface area contributed by atoms with E-state index in [1.165, 1.54) is 0 Å². The standard InChI is InChI=1S/C17H22N4O4.ClH/c1-23-13-6-10(7-14(24-2)15(13)25-3)8-19-17-20-12-9-18-5-4-11(12)16(22)21-17;/h6-7,18H,4-5,8-9H2,1-3H3,(H2,19,20,21,22);1H. The number of fused-ring (bicyclic) bond motifs is 1. The van der Waals surface area contributed by atoms with Gasteiger partial charge in [0.1, 0.15) is 0 Å². The highest BCUT2D eigenvalue weighted by molar-refractivity contribution is 5.85. The Morgan fingerprint density at radius 1 is 1.15 bits per heavy atom. The summed E-state index contributed by atoms with van der Waals surface area (Å²) in [6.45, 7) is 1.86. The van der Waals surface area contributed by atoms with E-state index in [1.54, 1.807) is 21.3 Å². The van der Waals surface area contributed by atoms with Crippen molar-refractivity contribution in [1.82, 2.24) is 15.3 Å². The first kappa shape index (κ1) is 19.9. The molecule has 1 aliphatic heterocycles. The SMILES string of the molecule is COc1cc(CNc2nc3c(c(=O)[nH]2)CCNC3)cc(OC)c1OC.Cl. The molecule has 0 saturated carbocycles. The van der Waals surface area contributed by atoms with Gasteiger partial charge in [0.2, 0.25) is 11.7 Å². The van der Waals surface area contributed by atoms with Crippen LogP contribution < -0.4 is 30.4 Å². The largest absolute Gasteiger partial charge is 0.493 e. The number of nitrogens with zero attached hydrogens (tertiary/aromatic N) is 1. The van der Waals surface area contributed by atoms with Crippen LogP contribution in [0.5, 0.6) is 17.2 Å². The molecule has 3 rings (SSSR count). The lowest BCUT2D eigenvalue weighted by atomic mass is 10.1. The molecule has 0 atom stereocenters. The minimum atomic E-state index is -0.0844. The molecule has 26 heavy (non-hydrogen) atoms. The van der Waals surface area contributed by atoms with E-state index in [0.717, 1.165) is 23.4 Å². The maximum atomic E-state index is 12.2. The summed E-state index contributed by atoms with van der Waals surface area (Å²) in [5, 5.41) is 6.37. The van der Waals surface area contributed by atoms with Gasteiger partial charge in [-0.1, -0.05) is 0 Å². The molecule has 3 N–H and O–H groups in total. The first-order chi connectivity index (χ1) is 12.2. The predicted octanol–water partition coefficient (Wildman–Crippen LogP) is 1.48. The van der Waals surface area contributed by atoms with Crippen LogP contribution in [0.1, 0.15) is 16.8 Å². The summed E-state index contributed by atoms with van der Waals surface area (Å²) < 4.78 is 16.0. The minimum absolute atomic E-state index is 0. The highest BCUT2D eigenvalue weighted by Gasteiger charge is 2.16. The molecule has 1 aromatic carbocycles. The van der Waals surface area contributed by atoms with E-state index in [9.17, 15) is 4.79 Å². The molecule has 2 aromatic rings. The fourth-order valence-electron chi connectivity index (χ4n) is 2.88. The van der Waals surface area contributed by atoms with Crippen molar-refractivity contribution in [2.45, 2.75) is 19.5 Å². The zero-order chi connectivity index (χ0) is 17.8. The molecular formula is C17H23ClN4O4. The number of rotatable bonds is 6. The van der Waals surface area contributed by atoms with Crippen LogP contribution in [0.2, 0.25) is 0 Å². The third-order valence-corrected chi connectivity index (χ3v) is 4.13. The number of halogens is 1. The Morgan fingerprint density at radius 3 is 2.46 bits per heavy atom. The van der Waals surface area contributed by atoms with Gasteiger partial charge in [-0.3, -0.25) is 9.78 Å². The number of methoxy groups -OCH3 is 3. The number of H-pyrrole nitrogens is 1. The first-order valence-corrected chi connectivity index (χ1v) is 8.01. The van der Waals surface area contributed by atoms with Crippen molar-refractivity contribution in [3.8, 4) is 17.2 Å². The van der Waals surface area contributed by atoms with Gasteiger partial charge in [-0.2, -0.15) is 0 Å². The van der Waals surface area contributed by atoms with Crippen molar-refractivity contribution >= 4 is 18.4 Å². The van der Waals surface area contributed by atoms with Gasteiger partial charge in [-0.05, 0) is 30.7 Å². The van der Waals surface area contributed by atoms with Crippen molar-refractivity contribution in [1.29, 1.82) is 0 Å². The van der Waals surface area contributed by atoms with E-state index >= 15 is 0 Å². The fraction of sp³-hybridized carbons (Fsp3) is 0.412. The second-order valence-corrected chi connectivity index (χ2v) is 5.65. The lowest BCUT2D eigenvalue weighted by Crippen LogP contribution is -2.31. The average Bonchev–Trinajstić information content (AvgIpc) is 2.65. The van der Waals surface area contributed by atoms with E-state index < -0.39 is 0 Å². The van der Waals surface area contributed by atoms with E-state index in [1.807, 2.05) is 12.1 Å². The van der Waals surface area contributed by atoms with Gasteiger partial charge < -0.3 is 24.8 Å². The van der Waals surface area contributed by atoms with E-state index in [-0.39, 0.29) is 18.0 Å². The molecule has 0 aliphatic carbocycles. The van der Waals surface area contributed by atoms with Crippen molar-refractivity contribution in [2.24, 2.45) is 0 Å². The lowest BCUT2D eigenvalue weighted by Gasteiger charge is -2.17. The Kier molecular flexibility index (Phi) is 6.70. The molecule has 9 heteroatoms. The van der Waals surface area contributed by atoms with Crippen molar-refractivity contribution in [3.05, 3.63) is 39.3 Å². The number of anilines is 1. The maximum Gasteiger partial charge on any atom is 0.255 e. The highest BCUT2D eigenvalue weighted by Crippen LogP contribution is 2.38. The Balaban J connectivity index is 0.00000243. The number of hydrogen-bond donors (Lipinski definition) is 3. The third-order valence-electron chi connectivity index (χ3n) is 4.13. The van der Waals surface area contributed by atoms with Crippen LogP contribution in [0.4, 0.5) is 5.95 Å². The average molecular weight is 383 g/mol. The Morgan fingerprint density at radius 2 is 1.85 bits per heavy atom.